The fraction of sp³-hybridized carbons (Fsp3) is 0.500. The lowest BCUT2D eigenvalue weighted by molar-refractivity contribution is -0.129. The minimum absolute atomic E-state index is 0.206. The monoisotopic (exact) mass is 514 g/mol. The van der Waals surface area contributed by atoms with Crippen LogP contribution in [-0.4, -0.2) is 5.78 Å². The van der Waals surface area contributed by atoms with Crippen molar-refractivity contribution in [3.63, 3.8) is 0 Å². The van der Waals surface area contributed by atoms with Crippen LogP contribution in [0.2, 0.25) is 0 Å². The maximum absolute atomic E-state index is 14.0. The molecule has 4 aromatic rings. The van der Waals surface area contributed by atoms with Crippen LogP contribution in [0.1, 0.15) is 83.6 Å². The van der Waals surface area contributed by atoms with Gasteiger partial charge >= 0.3 is 0 Å². The van der Waals surface area contributed by atoms with Crippen LogP contribution in [-0.2, 0) is 11.2 Å². The molecule has 3 saturated carbocycles. The Kier molecular flexibility index (Phi) is 5.36. The van der Waals surface area contributed by atoms with E-state index >= 15 is 0 Å². The number of hydrogen-bond donors (Lipinski definition) is 0. The smallest absolute Gasteiger partial charge is 0.136 e. The highest BCUT2D eigenvalue weighted by Gasteiger charge is 2.59. The molecular formula is C38H42O. The molecule has 0 saturated heterocycles. The fourth-order valence-corrected chi connectivity index (χ4v) is 10.7. The normalized spacial score (nSPS) is 34.2. The summed E-state index contributed by atoms with van der Waals surface area (Å²) in [6.45, 7) is 5.12. The van der Waals surface area contributed by atoms with Gasteiger partial charge in [-0.25, -0.2) is 0 Å². The lowest BCUT2D eigenvalue weighted by Crippen LogP contribution is -2.50. The van der Waals surface area contributed by atoms with Crippen LogP contribution in [0, 0.1) is 34.5 Å². The van der Waals surface area contributed by atoms with E-state index in [0.717, 1.165) is 30.6 Å². The number of rotatable bonds is 4. The van der Waals surface area contributed by atoms with Crippen LogP contribution in [0.25, 0.3) is 32.3 Å². The van der Waals surface area contributed by atoms with Gasteiger partial charge in [0, 0.05) is 12.3 Å². The van der Waals surface area contributed by atoms with Gasteiger partial charge in [-0.2, -0.15) is 0 Å². The summed E-state index contributed by atoms with van der Waals surface area (Å²) in [6, 6.07) is 20.2. The fourth-order valence-electron chi connectivity index (χ4n) is 10.7. The van der Waals surface area contributed by atoms with Crippen molar-refractivity contribution >= 4 is 38.1 Å². The van der Waals surface area contributed by atoms with Crippen molar-refractivity contribution in [2.24, 2.45) is 34.5 Å². The number of fused-ring (bicyclic) bond motifs is 5. The first-order chi connectivity index (χ1) is 19.0. The molecule has 5 unspecified atom stereocenters. The average molecular weight is 515 g/mol. The van der Waals surface area contributed by atoms with E-state index in [1.807, 2.05) is 0 Å². The number of carbonyl (C=O) groups excluding carboxylic acids is 1. The molecule has 0 radical (unpaired) electrons. The quantitative estimate of drug-likeness (QED) is 0.196. The van der Waals surface area contributed by atoms with Gasteiger partial charge in [0.25, 0.3) is 0 Å². The molecule has 0 bridgehead atoms. The number of aryl methyl sites for hydroxylation is 1. The Morgan fingerprint density at radius 1 is 0.821 bits per heavy atom. The second-order valence-electron chi connectivity index (χ2n) is 14.2. The highest BCUT2D eigenvalue weighted by atomic mass is 16.1. The van der Waals surface area contributed by atoms with E-state index in [1.165, 1.54) is 89.2 Å². The zero-order chi connectivity index (χ0) is 26.4. The minimum Gasteiger partial charge on any atom is -0.299 e. The van der Waals surface area contributed by atoms with Crippen molar-refractivity contribution in [1.29, 1.82) is 0 Å². The van der Waals surface area contributed by atoms with Gasteiger partial charge in [0.2, 0.25) is 0 Å². The number of ketones is 1. The first-order valence-corrected chi connectivity index (χ1v) is 15.8. The van der Waals surface area contributed by atoms with E-state index in [0.29, 0.717) is 17.6 Å². The summed E-state index contributed by atoms with van der Waals surface area (Å²) in [5.41, 5.74) is 3.78. The molecule has 1 heteroatoms. The largest absolute Gasteiger partial charge is 0.299 e. The summed E-state index contributed by atoms with van der Waals surface area (Å²) < 4.78 is 0. The first-order valence-electron chi connectivity index (χ1n) is 15.8. The van der Waals surface area contributed by atoms with Crippen molar-refractivity contribution in [3.05, 3.63) is 71.8 Å². The molecule has 0 heterocycles. The Morgan fingerprint density at radius 3 is 2.44 bits per heavy atom. The van der Waals surface area contributed by atoms with Crippen molar-refractivity contribution in [2.75, 3.05) is 0 Å². The minimum atomic E-state index is 0.206. The first kappa shape index (κ1) is 24.2. The highest BCUT2D eigenvalue weighted by molar-refractivity contribution is 6.23. The summed E-state index contributed by atoms with van der Waals surface area (Å²) in [4.78, 5) is 14.0. The van der Waals surface area contributed by atoms with Gasteiger partial charge in [-0.3, -0.25) is 4.79 Å². The molecule has 0 amide bonds. The molecule has 8 rings (SSSR count). The van der Waals surface area contributed by atoms with E-state index in [2.05, 4.69) is 74.5 Å². The van der Waals surface area contributed by atoms with Crippen LogP contribution in [0.15, 0.2) is 66.2 Å². The number of carbonyl (C=O) groups is 1. The topological polar surface area (TPSA) is 17.1 Å². The van der Waals surface area contributed by atoms with Gasteiger partial charge < -0.3 is 0 Å². The number of benzene rings is 4. The molecule has 3 fully saturated rings. The molecule has 4 aliphatic rings. The van der Waals surface area contributed by atoms with Gasteiger partial charge in [-0.15, -0.1) is 0 Å². The van der Waals surface area contributed by atoms with Crippen molar-refractivity contribution in [1.82, 2.24) is 0 Å². The second kappa shape index (κ2) is 8.66. The zero-order valence-electron chi connectivity index (χ0n) is 23.8. The van der Waals surface area contributed by atoms with E-state index in [-0.39, 0.29) is 11.3 Å². The molecule has 0 spiro atoms. The third kappa shape index (κ3) is 3.41. The van der Waals surface area contributed by atoms with Crippen molar-refractivity contribution < 1.29 is 4.79 Å². The summed E-state index contributed by atoms with van der Waals surface area (Å²) >= 11 is 0. The molecule has 0 N–H and O–H groups in total. The van der Waals surface area contributed by atoms with Gasteiger partial charge in [0.1, 0.15) is 5.78 Å². The number of allylic oxidation sites excluding steroid dienone is 2. The molecule has 4 aromatic carbocycles. The van der Waals surface area contributed by atoms with E-state index in [1.54, 1.807) is 5.57 Å². The molecular weight excluding hydrogens is 472 g/mol. The Labute approximate surface area is 233 Å². The standard InChI is InChI=1S/C38H42O/c1-37-22-4-3-8-28(37)15-17-30-31-18-19-33(38(31,2)23-21-32(30)37)34(39)20-14-24-9-10-27-12-11-25-6-5-7-26-13-16-29(24)36(27)35(25)26/h5-7,9-13,15-16,30-33H,3-4,8,14,17-23H2,1-2H3/t30-,31?,32?,33?,37?,38?/m0/s1. The summed E-state index contributed by atoms with van der Waals surface area (Å²) in [6.07, 6.45) is 16.0. The summed E-state index contributed by atoms with van der Waals surface area (Å²) in [5, 5.41) is 8.02. The molecule has 6 atom stereocenters. The van der Waals surface area contributed by atoms with Crippen molar-refractivity contribution in [2.45, 2.75) is 84.5 Å². The Hall–Kier alpha value is -2.67. The van der Waals surface area contributed by atoms with Crippen molar-refractivity contribution in [3.8, 4) is 0 Å². The Balaban J connectivity index is 1.05. The molecule has 4 aliphatic carbocycles. The lowest BCUT2D eigenvalue weighted by atomic mass is 9.47. The summed E-state index contributed by atoms with van der Waals surface area (Å²) in [5.74, 6) is 3.18. The maximum atomic E-state index is 14.0. The second-order valence-corrected chi connectivity index (χ2v) is 14.2. The highest BCUT2D eigenvalue weighted by Crippen LogP contribution is 2.66. The predicted octanol–water partition coefficient (Wildman–Crippen LogP) is 10.1. The number of Topliss-reactive ketones (excluding diaryl/α,β-unsaturated/α-hetero) is 1. The molecule has 39 heavy (non-hydrogen) atoms. The van der Waals surface area contributed by atoms with Crippen LogP contribution < -0.4 is 0 Å². The van der Waals surface area contributed by atoms with Crippen LogP contribution >= 0.6 is 0 Å². The third-order valence-electron chi connectivity index (χ3n) is 12.7. The maximum Gasteiger partial charge on any atom is 0.136 e. The van der Waals surface area contributed by atoms with Crippen LogP contribution in [0.4, 0.5) is 0 Å². The third-order valence-corrected chi connectivity index (χ3v) is 12.7. The zero-order valence-corrected chi connectivity index (χ0v) is 23.8. The predicted molar refractivity (Wildman–Crippen MR) is 163 cm³/mol. The lowest BCUT2D eigenvalue weighted by Gasteiger charge is -2.57. The molecule has 0 aliphatic heterocycles. The van der Waals surface area contributed by atoms with Gasteiger partial charge in [-0.05, 0) is 124 Å². The van der Waals surface area contributed by atoms with Gasteiger partial charge in [-0.1, -0.05) is 86.5 Å². The SMILES string of the molecule is CC12CCCCC1=CC[C@@H]1C2CCC2(C)C(C(=O)CCc3ccc4ccc5cccc6ccc3c4c56)CCC12. The Bertz CT molecular complexity index is 1610. The van der Waals surface area contributed by atoms with E-state index in [4.69, 9.17) is 0 Å². The van der Waals surface area contributed by atoms with Gasteiger partial charge in [0.15, 0.2) is 0 Å². The van der Waals surface area contributed by atoms with Crippen LogP contribution in [0.3, 0.4) is 0 Å². The molecule has 0 aromatic heterocycles. The van der Waals surface area contributed by atoms with E-state index in [9.17, 15) is 4.79 Å². The van der Waals surface area contributed by atoms with Crippen LogP contribution in [0.5, 0.6) is 0 Å². The summed E-state index contributed by atoms with van der Waals surface area (Å²) in [7, 11) is 0. The number of hydrogen-bond acceptors (Lipinski definition) is 1. The average Bonchev–Trinajstić information content (AvgIpc) is 3.32. The Morgan fingerprint density at radius 2 is 1.59 bits per heavy atom. The van der Waals surface area contributed by atoms with Gasteiger partial charge in [0.05, 0.1) is 0 Å². The molecule has 200 valence electrons. The molecule has 1 nitrogen and oxygen atoms in total. The van der Waals surface area contributed by atoms with E-state index < -0.39 is 0 Å².